The van der Waals surface area contributed by atoms with E-state index in [-0.39, 0.29) is 5.82 Å². The molecule has 2 rings (SSSR count). The second-order valence-corrected chi connectivity index (χ2v) is 5.64. The van der Waals surface area contributed by atoms with E-state index >= 15 is 0 Å². The molecule has 1 aliphatic heterocycles. The van der Waals surface area contributed by atoms with Crippen LogP contribution in [0.1, 0.15) is 11.5 Å². The number of rotatable bonds is 1. The molecule has 4 nitrogen and oxygen atoms in total. The lowest BCUT2D eigenvalue weighted by atomic mass is 9.79. The molecule has 1 aliphatic rings. The average molecular weight is 380 g/mol. The SMILES string of the molecule is N#CC1=C(N)NC(=S)C(C#N)C1c1ccccc1I. The van der Waals surface area contributed by atoms with Gasteiger partial charge in [0.1, 0.15) is 11.7 Å². The summed E-state index contributed by atoms with van der Waals surface area (Å²) >= 11 is 7.35. The van der Waals surface area contributed by atoms with Crippen molar-refractivity contribution in [1.82, 2.24) is 5.32 Å². The summed E-state index contributed by atoms with van der Waals surface area (Å²) in [4.78, 5) is 0.364. The molecule has 0 saturated heterocycles. The second kappa shape index (κ2) is 5.55. The van der Waals surface area contributed by atoms with Crippen LogP contribution < -0.4 is 11.1 Å². The van der Waals surface area contributed by atoms with Gasteiger partial charge in [-0.2, -0.15) is 10.5 Å². The molecule has 1 aromatic carbocycles. The number of nitriles is 2. The van der Waals surface area contributed by atoms with Crippen molar-refractivity contribution in [2.75, 3.05) is 0 Å². The number of nitrogens with zero attached hydrogens (tertiary/aromatic N) is 2. The Morgan fingerprint density at radius 1 is 1.32 bits per heavy atom. The van der Waals surface area contributed by atoms with Crippen molar-refractivity contribution in [2.24, 2.45) is 11.7 Å². The highest BCUT2D eigenvalue weighted by Gasteiger charge is 2.37. The van der Waals surface area contributed by atoms with Gasteiger partial charge in [0.2, 0.25) is 0 Å². The van der Waals surface area contributed by atoms with Crippen molar-refractivity contribution >= 4 is 39.8 Å². The quantitative estimate of drug-likeness (QED) is 0.576. The molecule has 3 N–H and O–H groups in total. The highest BCUT2D eigenvalue weighted by molar-refractivity contribution is 14.1. The van der Waals surface area contributed by atoms with E-state index in [2.05, 4.69) is 40.0 Å². The smallest absolute Gasteiger partial charge is 0.116 e. The molecule has 19 heavy (non-hydrogen) atoms. The fourth-order valence-electron chi connectivity index (χ4n) is 2.09. The van der Waals surface area contributed by atoms with E-state index in [1.165, 1.54) is 0 Å². The lowest BCUT2D eigenvalue weighted by molar-refractivity contribution is 0.678. The Morgan fingerprint density at radius 2 is 2.00 bits per heavy atom. The van der Waals surface area contributed by atoms with Crippen LogP contribution in [0.25, 0.3) is 0 Å². The van der Waals surface area contributed by atoms with Crippen LogP contribution in [-0.4, -0.2) is 4.99 Å². The molecule has 0 aromatic heterocycles. The summed E-state index contributed by atoms with van der Waals surface area (Å²) in [6.07, 6.45) is 0. The molecule has 0 saturated carbocycles. The van der Waals surface area contributed by atoms with Crippen molar-refractivity contribution in [3.8, 4) is 12.1 Å². The zero-order chi connectivity index (χ0) is 14.0. The minimum Gasteiger partial charge on any atom is -0.384 e. The molecule has 1 aromatic rings. The Hall–Kier alpha value is -1.64. The van der Waals surface area contributed by atoms with Crippen LogP contribution >= 0.6 is 34.8 Å². The van der Waals surface area contributed by atoms with Crippen LogP contribution in [0.3, 0.4) is 0 Å². The Labute approximate surface area is 130 Å². The highest BCUT2D eigenvalue weighted by atomic mass is 127. The molecule has 94 valence electrons. The molecule has 2 atom stereocenters. The van der Waals surface area contributed by atoms with Crippen LogP contribution in [0.5, 0.6) is 0 Å². The van der Waals surface area contributed by atoms with Crippen LogP contribution in [0.4, 0.5) is 0 Å². The van der Waals surface area contributed by atoms with E-state index < -0.39 is 11.8 Å². The molecular weight excluding hydrogens is 371 g/mol. The predicted molar refractivity (Wildman–Crippen MR) is 83.6 cm³/mol. The molecule has 0 fully saturated rings. The topological polar surface area (TPSA) is 85.6 Å². The summed E-state index contributed by atoms with van der Waals surface area (Å²) in [6.45, 7) is 0. The predicted octanol–water partition coefficient (Wildman–Crippen LogP) is 2.14. The van der Waals surface area contributed by atoms with Gasteiger partial charge in [-0.3, -0.25) is 0 Å². The molecule has 0 amide bonds. The number of thiocarbonyl (C=S) groups is 1. The maximum Gasteiger partial charge on any atom is 0.116 e. The minimum absolute atomic E-state index is 0.239. The van der Waals surface area contributed by atoms with E-state index in [1.54, 1.807) is 0 Å². The Bertz CT molecular complexity index is 653. The van der Waals surface area contributed by atoms with Crippen molar-refractivity contribution in [3.63, 3.8) is 0 Å². The summed E-state index contributed by atoms with van der Waals surface area (Å²) in [6, 6.07) is 11.9. The van der Waals surface area contributed by atoms with Gasteiger partial charge in [-0.05, 0) is 34.2 Å². The van der Waals surface area contributed by atoms with E-state index in [0.717, 1.165) is 9.13 Å². The first-order valence-electron chi connectivity index (χ1n) is 5.44. The maximum atomic E-state index is 9.33. The standard InChI is InChI=1S/C13H9IN4S/c14-10-4-2-1-3-7(10)11-8(5-15)12(17)18-13(19)9(11)6-16/h1-4,9,11H,17H2,(H,18,19). The highest BCUT2D eigenvalue weighted by Crippen LogP contribution is 2.37. The van der Waals surface area contributed by atoms with Crippen LogP contribution in [0, 0.1) is 32.2 Å². The zero-order valence-corrected chi connectivity index (χ0v) is 12.7. The van der Waals surface area contributed by atoms with Crippen LogP contribution in [-0.2, 0) is 0 Å². The number of hydrogen-bond donors (Lipinski definition) is 2. The molecule has 0 spiro atoms. The monoisotopic (exact) mass is 380 g/mol. The van der Waals surface area contributed by atoms with Crippen LogP contribution in [0.15, 0.2) is 35.7 Å². The van der Waals surface area contributed by atoms with Crippen LogP contribution in [0.2, 0.25) is 0 Å². The van der Waals surface area contributed by atoms with Gasteiger partial charge < -0.3 is 11.1 Å². The number of benzene rings is 1. The Balaban J connectivity index is 2.66. The zero-order valence-electron chi connectivity index (χ0n) is 9.72. The maximum absolute atomic E-state index is 9.33. The first-order chi connectivity index (χ1) is 9.10. The van der Waals surface area contributed by atoms with Gasteiger partial charge in [-0.25, -0.2) is 0 Å². The normalized spacial score (nSPS) is 22.4. The third kappa shape index (κ3) is 2.42. The van der Waals surface area contributed by atoms with Gasteiger partial charge in [0, 0.05) is 9.49 Å². The first-order valence-corrected chi connectivity index (χ1v) is 6.93. The summed E-state index contributed by atoms with van der Waals surface area (Å²) < 4.78 is 0.982. The Kier molecular flexibility index (Phi) is 4.03. The number of hydrogen-bond acceptors (Lipinski definition) is 4. The van der Waals surface area contributed by atoms with E-state index in [9.17, 15) is 10.5 Å². The summed E-state index contributed by atoms with van der Waals surface area (Å²) in [7, 11) is 0. The third-order valence-corrected chi connectivity index (χ3v) is 4.31. The van der Waals surface area contributed by atoms with Crippen molar-refractivity contribution in [3.05, 3.63) is 44.8 Å². The van der Waals surface area contributed by atoms with Crippen molar-refractivity contribution in [2.45, 2.75) is 5.92 Å². The average Bonchev–Trinajstić information content (AvgIpc) is 2.38. The van der Waals surface area contributed by atoms with E-state index in [0.29, 0.717) is 10.6 Å². The lowest BCUT2D eigenvalue weighted by Gasteiger charge is -2.29. The van der Waals surface area contributed by atoms with Gasteiger partial charge >= 0.3 is 0 Å². The number of allylic oxidation sites excluding steroid dienone is 1. The van der Waals surface area contributed by atoms with Gasteiger partial charge in [0.25, 0.3) is 0 Å². The molecular formula is C13H9IN4S. The molecule has 0 bridgehead atoms. The number of halogens is 1. The number of nitrogens with two attached hydrogens (primary N) is 1. The molecule has 0 aliphatic carbocycles. The summed E-state index contributed by atoms with van der Waals surface area (Å²) in [5.41, 5.74) is 7.09. The number of nitrogens with one attached hydrogen (secondary N) is 1. The fraction of sp³-hybridized carbons (Fsp3) is 0.154. The van der Waals surface area contributed by atoms with Gasteiger partial charge in [0.05, 0.1) is 22.7 Å². The molecule has 0 radical (unpaired) electrons. The van der Waals surface area contributed by atoms with Gasteiger partial charge in [-0.15, -0.1) is 0 Å². The second-order valence-electron chi connectivity index (χ2n) is 4.03. The minimum atomic E-state index is -0.576. The molecule has 6 heteroatoms. The van der Waals surface area contributed by atoms with Gasteiger partial charge in [-0.1, -0.05) is 30.4 Å². The van der Waals surface area contributed by atoms with Gasteiger partial charge in [0.15, 0.2) is 0 Å². The summed E-state index contributed by atoms with van der Waals surface area (Å²) in [5, 5.41) is 21.4. The Morgan fingerprint density at radius 3 is 2.58 bits per heavy atom. The van der Waals surface area contributed by atoms with Crippen molar-refractivity contribution in [1.29, 1.82) is 10.5 Å². The van der Waals surface area contributed by atoms with E-state index in [4.69, 9.17) is 18.0 Å². The van der Waals surface area contributed by atoms with E-state index in [1.807, 2.05) is 24.3 Å². The largest absolute Gasteiger partial charge is 0.384 e. The molecule has 1 heterocycles. The molecule has 2 unspecified atom stereocenters. The van der Waals surface area contributed by atoms with Crippen molar-refractivity contribution < 1.29 is 0 Å². The lowest BCUT2D eigenvalue weighted by Crippen LogP contribution is -2.41. The fourth-order valence-corrected chi connectivity index (χ4v) is 3.11. The third-order valence-electron chi connectivity index (χ3n) is 2.97. The first kappa shape index (κ1) is 13.8. The summed E-state index contributed by atoms with van der Waals surface area (Å²) in [5.74, 6) is -0.742.